The summed E-state index contributed by atoms with van der Waals surface area (Å²) in [5.41, 5.74) is 8.04. The molecular formula is C20H18F3N5O2. The first-order valence-electron chi connectivity index (χ1n) is 9.14. The number of rotatable bonds is 3. The smallest absolute Gasteiger partial charge is 0.383 e. The second-order valence-electron chi connectivity index (χ2n) is 7.14. The van der Waals surface area contributed by atoms with Gasteiger partial charge in [-0.2, -0.15) is 18.3 Å². The maximum atomic E-state index is 12.9. The van der Waals surface area contributed by atoms with Crippen LogP contribution in [-0.4, -0.2) is 33.0 Å². The minimum Gasteiger partial charge on any atom is -0.383 e. The van der Waals surface area contributed by atoms with Crippen LogP contribution in [0, 0.1) is 0 Å². The topological polar surface area (TPSA) is 94.2 Å². The molecule has 0 spiro atoms. The molecule has 1 amide bonds. The molecule has 0 fully saturated rings. The van der Waals surface area contributed by atoms with Crippen molar-refractivity contribution in [3.63, 3.8) is 0 Å². The van der Waals surface area contributed by atoms with Crippen LogP contribution in [-0.2, 0) is 24.1 Å². The molecule has 0 radical (unpaired) electrons. The number of halogens is 3. The summed E-state index contributed by atoms with van der Waals surface area (Å²) in [5.74, 6) is 0.107. The number of hydrogen-bond donors (Lipinski definition) is 1. The molecule has 0 bridgehead atoms. The standard InChI is InChI=1S/C20H18F3N5O2/c1-10-17-14(9-30-10)13-7-11(3-5-15(13)25-18(17)24)19(29)28(2)8-12-4-6-16(27-26-12)20(21,22)23/h3-7,10H,8-9H2,1-2H3,(H2,24,25)/t10-/m1/s1. The molecule has 1 aliphatic rings. The van der Waals surface area contributed by atoms with Gasteiger partial charge in [0.05, 0.1) is 30.5 Å². The normalized spacial score (nSPS) is 16.0. The van der Waals surface area contributed by atoms with E-state index in [4.69, 9.17) is 10.5 Å². The van der Waals surface area contributed by atoms with Crippen molar-refractivity contribution in [1.82, 2.24) is 20.1 Å². The quantitative estimate of drug-likeness (QED) is 0.701. The van der Waals surface area contributed by atoms with E-state index in [1.807, 2.05) is 6.92 Å². The van der Waals surface area contributed by atoms with Crippen molar-refractivity contribution in [2.45, 2.75) is 32.4 Å². The van der Waals surface area contributed by atoms with Gasteiger partial charge in [-0.25, -0.2) is 4.98 Å². The Balaban J connectivity index is 1.59. The predicted molar refractivity (Wildman–Crippen MR) is 102 cm³/mol. The molecule has 0 saturated carbocycles. The number of pyridine rings is 1. The van der Waals surface area contributed by atoms with Crippen LogP contribution < -0.4 is 5.73 Å². The molecule has 1 aromatic carbocycles. The lowest BCUT2D eigenvalue weighted by molar-refractivity contribution is -0.141. The lowest BCUT2D eigenvalue weighted by atomic mass is 10.00. The molecule has 7 nitrogen and oxygen atoms in total. The van der Waals surface area contributed by atoms with E-state index in [1.54, 1.807) is 25.2 Å². The Morgan fingerprint density at radius 3 is 2.70 bits per heavy atom. The first-order chi connectivity index (χ1) is 14.1. The summed E-state index contributed by atoms with van der Waals surface area (Å²) in [7, 11) is 1.54. The molecule has 2 N–H and O–H groups in total. The number of nitrogens with two attached hydrogens (primary N) is 1. The summed E-state index contributed by atoms with van der Waals surface area (Å²) in [5, 5.41) is 7.54. The van der Waals surface area contributed by atoms with Crippen molar-refractivity contribution in [3.8, 4) is 0 Å². The summed E-state index contributed by atoms with van der Waals surface area (Å²) in [4.78, 5) is 18.6. The second-order valence-corrected chi connectivity index (χ2v) is 7.14. The highest BCUT2D eigenvalue weighted by molar-refractivity contribution is 5.99. The Hall–Kier alpha value is -3.27. The molecule has 1 aliphatic heterocycles. The van der Waals surface area contributed by atoms with Gasteiger partial charge in [-0.1, -0.05) is 0 Å². The summed E-state index contributed by atoms with van der Waals surface area (Å²) >= 11 is 0. The number of hydrogen-bond acceptors (Lipinski definition) is 6. The Morgan fingerprint density at radius 2 is 2.03 bits per heavy atom. The van der Waals surface area contributed by atoms with Crippen molar-refractivity contribution in [2.24, 2.45) is 0 Å². The monoisotopic (exact) mass is 417 g/mol. The van der Waals surface area contributed by atoms with E-state index in [-0.39, 0.29) is 24.2 Å². The summed E-state index contributed by atoms with van der Waals surface area (Å²) in [6.07, 6.45) is -4.73. The molecule has 10 heteroatoms. The zero-order valence-corrected chi connectivity index (χ0v) is 16.2. The summed E-state index contributed by atoms with van der Waals surface area (Å²) in [6, 6.07) is 7.14. The van der Waals surface area contributed by atoms with Crippen molar-refractivity contribution in [2.75, 3.05) is 12.8 Å². The highest BCUT2D eigenvalue weighted by atomic mass is 19.4. The van der Waals surface area contributed by atoms with Gasteiger partial charge in [0.1, 0.15) is 5.82 Å². The second kappa shape index (κ2) is 7.21. The van der Waals surface area contributed by atoms with E-state index >= 15 is 0 Å². The largest absolute Gasteiger partial charge is 0.435 e. The average molecular weight is 417 g/mol. The van der Waals surface area contributed by atoms with Gasteiger partial charge < -0.3 is 15.4 Å². The van der Waals surface area contributed by atoms with E-state index in [2.05, 4.69) is 15.2 Å². The van der Waals surface area contributed by atoms with Crippen LogP contribution in [0.4, 0.5) is 19.0 Å². The van der Waals surface area contributed by atoms with Crippen LogP contribution in [0.2, 0.25) is 0 Å². The molecule has 30 heavy (non-hydrogen) atoms. The zero-order valence-electron chi connectivity index (χ0n) is 16.2. The van der Waals surface area contributed by atoms with Crippen LogP contribution in [0.3, 0.4) is 0 Å². The molecule has 4 rings (SSSR count). The third-order valence-corrected chi connectivity index (χ3v) is 5.05. The number of nitrogens with zero attached hydrogens (tertiary/aromatic N) is 4. The first kappa shape index (κ1) is 20.0. The van der Waals surface area contributed by atoms with E-state index < -0.39 is 11.9 Å². The number of amides is 1. The first-order valence-corrected chi connectivity index (χ1v) is 9.14. The molecule has 3 heterocycles. The van der Waals surface area contributed by atoms with Crippen molar-refractivity contribution >= 4 is 22.6 Å². The van der Waals surface area contributed by atoms with Crippen LogP contribution in [0.25, 0.3) is 10.9 Å². The lowest BCUT2D eigenvalue weighted by Gasteiger charge is -2.17. The zero-order chi connectivity index (χ0) is 21.6. The maximum Gasteiger partial charge on any atom is 0.435 e. The summed E-state index contributed by atoms with van der Waals surface area (Å²) < 4.78 is 43.5. The lowest BCUT2D eigenvalue weighted by Crippen LogP contribution is -2.27. The number of ether oxygens (including phenoxy) is 1. The fourth-order valence-corrected chi connectivity index (χ4v) is 3.53. The summed E-state index contributed by atoms with van der Waals surface area (Å²) in [6.45, 7) is 2.29. The average Bonchev–Trinajstić information content (AvgIpc) is 3.09. The molecule has 156 valence electrons. The molecule has 0 unspecified atom stereocenters. The minimum atomic E-state index is -4.56. The van der Waals surface area contributed by atoms with Crippen molar-refractivity contribution < 1.29 is 22.7 Å². The number of nitrogen functional groups attached to an aromatic ring is 1. The number of fused-ring (bicyclic) bond motifs is 3. The third kappa shape index (κ3) is 3.54. The van der Waals surface area contributed by atoms with Crippen molar-refractivity contribution in [1.29, 1.82) is 0 Å². The number of carbonyl (C=O) groups is 1. The Labute approximate surface area is 169 Å². The minimum absolute atomic E-state index is 0.0141. The van der Waals surface area contributed by atoms with Crippen LogP contribution in [0.1, 0.15) is 45.9 Å². The van der Waals surface area contributed by atoms with Crippen LogP contribution >= 0.6 is 0 Å². The highest BCUT2D eigenvalue weighted by Crippen LogP contribution is 2.38. The van der Waals surface area contributed by atoms with Gasteiger partial charge in [0.2, 0.25) is 0 Å². The fourth-order valence-electron chi connectivity index (χ4n) is 3.53. The van der Waals surface area contributed by atoms with E-state index in [0.717, 1.165) is 22.6 Å². The Morgan fingerprint density at radius 1 is 1.27 bits per heavy atom. The SMILES string of the molecule is C[C@H]1OCc2c1c(N)nc1ccc(C(=O)N(C)Cc3ccc(C(F)(F)F)nn3)cc21. The van der Waals surface area contributed by atoms with Crippen LogP contribution in [0.5, 0.6) is 0 Å². The molecule has 1 atom stereocenters. The van der Waals surface area contributed by atoms with Gasteiger partial charge in [0, 0.05) is 23.6 Å². The molecule has 2 aromatic heterocycles. The number of carbonyl (C=O) groups excluding carboxylic acids is 1. The highest BCUT2D eigenvalue weighted by Gasteiger charge is 2.33. The number of aromatic nitrogens is 3. The van der Waals surface area contributed by atoms with E-state index in [9.17, 15) is 18.0 Å². The molecule has 3 aromatic rings. The Kier molecular flexibility index (Phi) is 4.81. The van der Waals surface area contributed by atoms with Gasteiger partial charge in [0.25, 0.3) is 5.91 Å². The van der Waals surface area contributed by atoms with E-state index in [0.29, 0.717) is 23.5 Å². The van der Waals surface area contributed by atoms with Gasteiger partial charge in [0.15, 0.2) is 5.69 Å². The number of alkyl halides is 3. The molecule has 0 saturated heterocycles. The van der Waals surface area contributed by atoms with Gasteiger partial charge in [-0.15, -0.1) is 5.10 Å². The van der Waals surface area contributed by atoms with Crippen molar-refractivity contribution in [3.05, 3.63) is 58.4 Å². The molecule has 0 aliphatic carbocycles. The molecular weight excluding hydrogens is 399 g/mol. The van der Waals surface area contributed by atoms with Crippen LogP contribution in [0.15, 0.2) is 30.3 Å². The maximum absolute atomic E-state index is 12.9. The number of anilines is 1. The third-order valence-electron chi connectivity index (χ3n) is 5.05. The van der Waals surface area contributed by atoms with Gasteiger partial charge in [-0.05, 0) is 42.8 Å². The van der Waals surface area contributed by atoms with Gasteiger partial charge in [-0.3, -0.25) is 4.79 Å². The number of benzene rings is 1. The van der Waals surface area contributed by atoms with Gasteiger partial charge >= 0.3 is 6.18 Å². The van der Waals surface area contributed by atoms with E-state index in [1.165, 1.54) is 11.0 Å². The Bertz CT molecular complexity index is 1130. The predicted octanol–water partition coefficient (Wildman–Crippen LogP) is 3.49. The fraction of sp³-hybridized carbons (Fsp3) is 0.300.